The third kappa shape index (κ3) is 1.26. The number of hydrogen-bond donors (Lipinski definition) is 0. The first kappa shape index (κ1) is 8.72. The minimum atomic E-state index is 0.161. The third-order valence-corrected chi connectivity index (χ3v) is 3.75. The van der Waals surface area contributed by atoms with E-state index >= 15 is 0 Å². The van der Waals surface area contributed by atoms with E-state index in [1.807, 2.05) is 6.20 Å². The Labute approximate surface area is 91.8 Å². The normalized spacial score (nSPS) is 22.4. The SMILES string of the molecule is Brc1cnc2c(c1)CCC1(CCC1)O2. The van der Waals surface area contributed by atoms with Crippen LogP contribution in [0.3, 0.4) is 0 Å². The zero-order chi connectivity index (χ0) is 9.60. The fourth-order valence-corrected chi connectivity index (χ4v) is 2.66. The van der Waals surface area contributed by atoms with E-state index in [0.29, 0.717) is 0 Å². The molecule has 0 bridgehead atoms. The van der Waals surface area contributed by atoms with Crippen molar-refractivity contribution < 1.29 is 4.74 Å². The summed E-state index contributed by atoms with van der Waals surface area (Å²) < 4.78 is 7.02. The number of aryl methyl sites for hydroxylation is 1. The lowest BCUT2D eigenvalue weighted by atomic mass is 9.75. The van der Waals surface area contributed by atoms with E-state index in [9.17, 15) is 0 Å². The number of nitrogens with zero attached hydrogens (tertiary/aromatic N) is 1. The van der Waals surface area contributed by atoms with Crippen LogP contribution in [0.15, 0.2) is 16.7 Å². The Bertz CT molecular complexity index is 374. The van der Waals surface area contributed by atoms with Crippen molar-refractivity contribution in [3.05, 3.63) is 22.3 Å². The summed E-state index contributed by atoms with van der Waals surface area (Å²) in [5.41, 5.74) is 1.41. The highest BCUT2D eigenvalue weighted by molar-refractivity contribution is 9.10. The molecular weight excluding hydrogens is 242 g/mol. The Hall–Kier alpha value is -0.570. The van der Waals surface area contributed by atoms with Gasteiger partial charge in [0.05, 0.1) is 0 Å². The molecule has 0 radical (unpaired) electrons. The van der Waals surface area contributed by atoms with Crippen LogP contribution >= 0.6 is 15.9 Å². The summed E-state index contributed by atoms with van der Waals surface area (Å²) in [6.07, 6.45) is 7.83. The van der Waals surface area contributed by atoms with Crippen molar-refractivity contribution in [1.29, 1.82) is 0 Å². The van der Waals surface area contributed by atoms with Crippen LogP contribution in [-0.4, -0.2) is 10.6 Å². The minimum Gasteiger partial charge on any atom is -0.471 e. The molecule has 74 valence electrons. The lowest BCUT2D eigenvalue weighted by molar-refractivity contribution is -0.0289. The lowest BCUT2D eigenvalue weighted by Gasteiger charge is -2.44. The summed E-state index contributed by atoms with van der Waals surface area (Å²) in [7, 11) is 0. The molecular formula is C11H12BrNO. The quantitative estimate of drug-likeness (QED) is 0.709. The molecule has 3 heteroatoms. The van der Waals surface area contributed by atoms with E-state index < -0.39 is 0 Å². The number of fused-ring (bicyclic) bond motifs is 1. The molecule has 0 N–H and O–H groups in total. The molecule has 0 aromatic carbocycles. The number of ether oxygens (including phenoxy) is 1. The van der Waals surface area contributed by atoms with Gasteiger partial charge < -0.3 is 4.74 Å². The number of pyridine rings is 1. The van der Waals surface area contributed by atoms with E-state index in [2.05, 4.69) is 27.0 Å². The van der Waals surface area contributed by atoms with Crippen LogP contribution in [0.2, 0.25) is 0 Å². The maximum Gasteiger partial charge on any atom is 0.217 e. The fraction of sp³-hybridized carbons (Fsp3) is 0.545. The van der Waals surface area contributed by atoms with Gasteiger partial charge in [0.25, 0.3) is 0 Å². The van der Waals surface area contributed by atoms with Gasteiger partial charge in [0, 0.05) is 16.2 Å². The van der Waals surface area contributed by atoms with Crippen LogP contribution in [0.4, 0.5) is 0 Å². The van der Waals surface area contributed by atoms with E-state index in [0.717, 1.165) is 23.2 Å². The van der Waals surface area contributed by atoms with Gasteiger partial charge in [0.2, 0.25) is 5.88 Å². The molecule has 2 nitrogen and oxygen atoms in total. The second-order valence-corrected chi connectivity index (χ2v) is 5.17. The van der Waals surface area contributed by atoms with Crippen LogP contribution in [-0.2, 0) is 6.42 Å². The Morgan fingerprint density at radius 1 is 1.36 bits per heavy atom. The summed E-state index contributed by atoms with van der Waals surface area (Å²) >= 11 is 3.43. The monoisotopic (exact) mass is 253 g/mol. The molecule has 2 aliphatic rings. The largest absolute Gasteiger partial charge is 0.471 e. The van der Waals surface area contributed by atoms with Crippen molar-refractivity contribution in [3.8, 4) is 5.88 Å². The molecule has 1 aromatic heterocycles. The van der Waals surface area contributed by atoms with Crippen LogP contribution in [0.5, 0.6) is 5.88 Å². The van der Waals surface area contributed by atoms with Gasteiger partial charge in [-0.25, -0.2) is 4.98 Å². The van der Waals surface area contributed by atoms with Gasteiger partial charge in [-0.3, -0.25) is 0 Å². The maximum atomic E-state index is 5.98. The predicted molar refractivity (Wildman–Crippen MR) is 57.5 cm³/mol. The topological polar surface area (TPSA) is 22.1 Å². The fourth-order valence-electron chi connectivity index (χ4n) is 2.28. The molecule has 0 saturated heterocycles. The highest BCUT2D eigenvalue weighted by Crippen LogP contribution is 2.44. The molecule has 1 spiro atoms. The Morgan fingerprint density at radius 2 is 2.21 bits per heavy atom. The van der Waals surface area contributed by atoms with Crippen LogP contribution in [0.1, 0.15) is 31.2 Å². The smallest absolute Gasteiger partial charge is 0.217 e. The first-order valence-electron chi connectivity index (χ1n) is 5.11. The molecule has 14 heavy (non-hydrogen) atoms. The van der Waals surface area contributed by atoms with Crippen LogP contribution in [0.25, 0.3) is 0 Å². The molecule has 3 rings (SSSR count). The van der Waals surface area contributed by atoms with Crippen molar-refractivity contribution in [2.45, 2.75) is 37.7 Å². The van der Waals surface area contributed by atoms with Gasteiger partial charge in [-0.2, -0.15) is 0 Å². The van der Waals surface area contributed by atoms with E-state index in [4.69, 9.17) is 4.74 Å². The second-order valence-electron chi connectivity index (χ2n) is 4.26. The van der Waals surface area contributed by atoms with Gasteiger partial charge in [-0.15, -0.1) is 0 Å². The molecule has 1 fully saturated rings. The molecule has 0 atom stereocenters. The van der Waals surface area contributed by atoms with Crippen molar-refractivity contribution in [2.75, 3.05) is 0 Å². The van der Waals surface area contributed by atoms with Crippen molar-refractivity contribution in [2.24, 2.45) is 0 Å². The van der Waals surface area contributed by atoms with Crippen LogP contribution < -0.4 is 4.74 Å². The van der Waals surface area contributed by atoms with Gasteiger partial charge in [0.1, 0.15) is 5.60 Å². The Balaban J connectivity index is 1.94. The Morgan fingerprint density at radius 3 is 2.93 bits per heavy atom. The highest BCUT2D eigenvalue weighted by atomic mass is 79.9. The van der Waals surface area contributed by atoms with E-state index in [1.165, 1.54) is 24.8 Å². The van der Waals surface area contributed by atoms with Crippen molar-refractivity contribution >= 4 is 15.9 Å². The first-order valence-corrected chi connectivity index (χ1v) is 5.90. The lowest BCUT2D eigenvalue weighted by Crippen LogP contribution is -2.45. The van der Waals surface area contributed by atoms with Crippen LogP contribution in [0, 0.1) is 0 Å². The minimum absolute atomic E-state index is 0.161. The zero-order valence-electron chi connectivity index (χ0n) is 7.92. The summed E-state index contributed by atoms with van der Waals surface area (Å²) in [5.74, 6) is 0.860. The summed E-state index contributed by atoms with van der Waals surface area (Å²) in [6.45, 7) is 0. The van der Waals surface area contributed by atoms with E-state index in [1.54, 1.807) is 0 Å². The molecule has 0 amide bonds. The molecule has 0 unspecified atom stereocenters. The van der Waals surface area contributed by atoms with Gasteiger partial charge in [-0.05, 0) is 54.1 Å². The predicted octanol–water partition coefficient (Wildman–Crippen LogP) is 3.09. The standard InChI is InChI=1S/C11H12BrNO/c12-9-6-8-2-5-11(3-1-4-11)14-10(8)13-7-9/h6-7H,1-5H2. The molecule has 1 aliphatic carbocycles. The Kier molecular flexibility index (Phi) is 1.84. The second kappa shape index (κ2) is 2.96. The average Bonchev–Trinajstić information content (AvgIpc) is 2.15. The maximum absolute atomic E-state index is 5.98. The van der Waals surface area contributed by atoms with Gasteiger partial charge in [0.15, 0.2) is 0 Å². The third-order valence-electron chi connectivity index (χ3n) is 3.32. The summed E-state index contributed by atoms with van der Waals surface area (Å²) in [6, 6.07) is 2.12. The molecule has 2 heterocycles. The summed E-state index contributed by atoms with van der Waals surface area (Å²) in [4.78, 5) is 4.33. The zero-order valence-corrected chi connectivity index (χ0v) is 9.51. The molecule has 1 saturated carbocycles. The number of rotatable bonds is 0. The first-order chi connectivity index (χ1) is 6.77. The van der Waals surface area contributed by atoms with Crippen molar-refractivity contribution in [1.82, 2.24) is 4.98 Å². The van der Waals surface area contributed by atoms with Gasteiger partial charge in [-0.1, -0.05) is 0 Å². The van der Waals surface area contributed by atoms with E-state index in [-0.39, 0.29) is 5.60 Å². The number of hydrogen-bond acceptors (Lipinski definition) is 2. The highest BCUT2D eigenvalue weighted by Gasteiger charge is 2.42. The number of halogens is 1. The average molecular weight is 254 g/mol. The number of aromatic nitrogens is 1. The summed E-state index contributed by atoms with van der Waals surface area (Å²) in [5, 5.41) is 0. The van der Waals surface area contributed by atoms with Crippen molar-refractivity contribution in [3.63, 3.8) is 0 Å². The van der Waals surface area contributed by atoms with Gasteiger partial charge >= 0.3 is 0 Å². The molecule has 1 aromatic rings. The molecule has 1 aliphatic heterocycles.